The first-order valence-corrected chi connectivity index (χ1v) is 7.63. The van der Waals surface area contributed by atoms with Crippen molar-refractivity contribution in [3.05, 3.63) is 64.7 Å². The third kappa shape index (κ3) is 2.16. The maximum atomic E-state index is 12.8. The number of hydrogen-bond donors (Lipinski definition) is 0. The lowest BCUT2D eigenvalue weighted by Crippen LogP contribution is -2.11. The van der Waals surface area contributed by atoms with Gasteiger partial charge in [-0.25, -0.2) is 9.97 Å². The number of carbonyl (C=O) groups excluding carboxylic acids is 1. The molecule has 0 amide bonds. The van der Waals surface area contributed by atoms with Gasteiger partial charge in [0, 0.05) is 24.4 Å². The van der Waals surface area contributed by atoms with Gasteiger partial charge in [0.1, 0.15) is 11.5 Å². The van der Waals surface area contributed by atoms with Gasteiger partial charge >= 0.3 is 0 Å². The number of nitrogens with zero attached hydrogens (tertiary/aromatic N) is 4. The van der Waals surface area contributed by atoms with Crippen molar-refractivity contribution in [3.63, 3.8) is 0 Å². The predicted molar refractivity (Wildman–Crippen MR) is 86.3 cm³/mol. The lowest BCUT2D eigenvalue weighted by molar-refractivity contribution is 0.103. The highest BCUT2D eigenvalue weighted by molar-refractivity contribution is 6.09. The third-order valence-electron chi connectivity index (χ3n) is 4.25. The van der Waals surface area contributed by atoms with Crippen molar-refractivity contribution in [1.29, 1.82) is 0 Å². The van der Waals surface area contributed by atoms with Crippen molar-refractivity contribution >= 4 is 5.78 Å². The van der Waals surface area contributed by atoms with Crippen molar-refractivity contribution in [2.75, 3.05) is 0 Å². The van der Waals surface area contributed by atoms with Crippen LogP contribution in [-0.2, 0) is 19.9 Å². The molecule has 0 N–H and O–H groups in total. The molecule has 0 radical (unpaired) electrons. The van der Waals surface area contributed by atoms with Gasteiger partial charge in [0.05, 0.1) is 11.4 Å². The second-order valence-electron chi connectivity index (χ2n) is 5.79. The number of aryl methyl sites for hydroxylation is 3. The summed E-state index contributed by atoms with van der Waals surface area (Å²) in [5, 5.41) is 4.50. The van der Waals surface area contributed by atoms with Crippen LogP contribution in [0.1, 0.15) is 33.0 Å². The van der Waals surface area contributed by atoms with Crippen LogP contribution in [-0.4, -0.2) is 25.5 Å². The second kappa shape index (κ2) is 5.12. The maximum absolute atomic E-state index is 12.8. The maximum Gasteiger partial charge on any atom is 0.213 e. The first kappa shape index (κ1) is 13.8. The second-order valence-corrected chi connectivity index (χ2v) is 5.79. The summed E-state index contributed by atoms with van der Waals surface area (Å²) in [6, 6.07) is 9.29. The van der Waals surface area contributed by atoms with Crippen molar-refractivity contribution in [2.45, 2.75) is 19.8 Å². The zero-order valence-corrected chi connectivity index (χ0v) is 13.1. The summed E-state index contributed by atoms with van der Waals surface area (Å²) >= 11 is 0. The smallest absolute Gasteiger partial charge is 0.213 e. The van der Waals surface area contributed by atoms with E-state index < -0.39 is 0 Å². The summed E-state index contributed by atoms with van der Waals surface area (Å²) in [4.78, 5) is 21.7. The minimum absolute atomic E-state index is 0.0309. The molecular weight excluding hydrogens is 288 g/mol. The summed E-state index contributed by atoms with van der Waals surface area (Å²) < 4.78 is 1.77. The summed E-state index contributed by atoms with van der Waals surface area (Å²) in [6.07, 6.45) is 3.51. The normalized spacial score (nSPS) is 12.6. The number of ketones is 1. The fraction of sp³-hybridized carbons (Fsp3) is 0.222. The first-order chi connectivity index (χ1) is 11.1. The van der Waals surface area contributed by atoms with E-state index in [0.717, 1.165) is 41.2 Å². The number of aromatic nitrogens is 4. The van der Waals surface area contributed by atoms with Crippen molar-refractivity contribution < 1.29 is 4.79 Å². The summed E-state index contributed by atoms with van der Waals surface area (Å²) in [7, 11) is 1.87. The van der Waals surface area contributed by atoms with Crippen LogP contribution in [0.2, 0.25) is 0 Å². The van der Waals surface area contributed by atoms with Gasteiger partial charge < -0.3 is 0 Å². The summed E-state index contributed by atoms with van der Waals surface area (Å²) in [5.41, 5.74) is 5.15. The Bertz CT molecular complexity index is 912. The van der Waals surface area contributed by atoms with E-state index in [4.69, 9.17) is 0 Å². The zero-order valence-electron chi connectivity index (χ0n) is 13.1. The highest BCUT2D eigenvalue weighted by atomic mass is 16.1. The SMILES string of the molecule is Cc1ncc2c(n1)-c1c(c(C(=O)c3ccccc3)nn1C)CC2. The minimum atomic E-state index is -0.0309. The number of fused-ring (bicyclic) bond motifs is 3. The molecule has 0 fully saturated rings. The number of benzene rings is 1. The molecule has 1 aliphatic rings. The molecule has 5 nitrogen and oxygen atoms in total. The molecule has 1 aromatic carbocycles. The van der Waals surface area contributed by atoms with Crippen molar-refractivity contribution in [2.24, 2.45) is 7.05 Å². The van der Waals surface area contributed by atoms with E-state index in [0.29, 0.717) is 11.3 Å². The van der Waals surface area contributed by atoms with Gasteiger partial charge in [0.15, 0.2) is 0 Å². The molecule has 0 atom stereocenters. The molecule has 114 valence electrons. The van der Waals surface area contributed by atoms with Gasteiger partial charge in [-0.2, -0.15) is 5.10 Å². The fourth-order valence-electron chi connectivity index (χ4n) is 3.15. The zero-order chi connectivity index (χ0) is 16.0. The van der Waals surface area contributed by atoms with Crippen molar-refractivity contribution in [1.82, 2.24) is 19.7 Å². The van der Waals surface area contributed by atoms with E-state index in [9.17, 15) is 4.79 Å². The van der Waals surface area contributed by atoms with E-state index in [1.807, 2.05) is 50.5 Å². The lowest BCUT2D eigenvalue weighted by Gasteiger charge is -2.16. The van der Waals surface area contributed by atoms with Crippen LogP contribution < -0.4 is 0 Å². The van der Waals surface area contributed by atoms with Crippen LogP contribution in [0.5, 0.6) is 0 Å². The van der Waals surface area contributed by atoms with Crippen LogP contribution >= 0.6 is 0 Å². The third-order valence-corrected chi connectivity index (χ3v) is 4.25. The van der Waals surface area contributed by atoms with Gasteiger partial charge in [-0.1, -0.05) is 30.3 Å². The Kier molecular flexibility index (Phi) is 3.08. The molecule has 0 unspecified atom stereocenters. The molecule has 2 aromatic heterocycles. The standard InChI is InChI=1S/C18H16N4O/c1-11-19-10-13-8-9-14-16(18(23)12-6-4-3-5-7-12)21-22(2)17(14)15(13)20-11/h3-7,10H,8-9H2,1-2H3. The molecule has 4 rings (SSSR count). The topological polar surface area (TPSA) is 60.7 Å². The van der Waals surface area contributed by atoms with Gasteiger partial charge in [0.25, 0.3) is 0 Å². The molecule has 0 aliphatic heterocycles. The van der Waals surface area contributed by atoms with E-state index >= 15 is 0 Å². The molecule has 0 saturated carbocycles. The van der Waals surface area contributed by atoms with Crippen LogP contribution in [0, 0.1) is 6.92 Å². The van der Waals surface area contributed by atoms with Crippen LogP contribution in [0.25, 0.3) is 11.4 Å². The predicted octanol–water partition coefficient (Wildman–Crippen LogP) is 2.52. The Morgan fingerprint density at radius 2 is 1.96 bits per heavy atom. The van der Waals surface area contributed by atoms with Gasteiger partial charge in [-0.15, -0.1) is 0 Å². The van der Waals surface area contributed by atoms with Crippen LogP contribution in [0.4, 0.5) is 0 Å². The Hall–Kier alpha value is -2.82. The average Bonchev–Trinajstić information content (AvgIpc) is 2.92. The molecular formula is C18H16N4O. The number of carbonyl (C=O) groups is 1. The Balaban J connectivity index is 1.88. The molecule has 0 bridgehead atoms. The Morgan fingerprint density at radius 3 is 2.74 bits per heavy atom. The Labute approximate surface area is 134 Å². The fourth-order valence-corrected chi connectivity index (χ4v) is 3.15. The summed E-state index contributed by atoms with van der Waals surface area (Å²) in [5.74, 6) is 0.699. The van der Waals surface area contributed by atoms with E-state index in [1.54, 1.807) is 4.68 Å². The van der Waals surface area contributed by atoms with Gasteiger partial charge in [-0.3, -0.25) is 9.48 Å². The highest BCUT2D eigenvalue weighted by Crippen LogP contribution is 2.34. The molecule has 0 spiro atoms. The molecule has 0 saturated heterocycles. The molecule has 2 heterocycles. The lowest BCUT2D eigenvalue weighted by atomic mass is 9.91. The molecule has 3 aromatic rings. The molecule has 5 heteroatoms. The van der Waals surface area contributed by atoms with Crippen LogP contribution in [0.15, 0.2) is 36.5 Å². The van der Waals surface area contributed by atoms with Gasteiger partial charge in [-0.05, 0) is 25.3 Å². The monoisotopic (exact) mass is 304 g/mol. The first-order valence-electron chi connectivity index (χ1n) is 7.63. The van der Waals surface area contributed by atoms with E-state index in [-0.39, 0.29) is 5.78 Å². The van der Waals surface area contributed by atoms with Crippen molar-refractivity contribution in [3.8, 4) is 11.4 Å². The number of rotatable bonds is 2. The van der Waals surface area contributed by atoms with E-state index in [2.05, 4.69) is 15.1 Å². The minimum Gasteiger partial charge on any atom is -0.287 e. The van der Waals surface area contributed by atoms with Gasteiger partial charge in [0.2, 0.25) is 5.78 Å². The largest absolute Gasteiger partial charge is 0.287 e. The number of hydrogen-bond acceptors (Lipinski definition) is 4. The Morgan fingerprint density at radius 1 is 1.17 bits per heavy atom. The van der Waals surface area contributed by atoms with Crippen LogP contribution in [0.3, 0.4) is 0 Å². The molecule has 1 aliphatic carbocycles. The summed E-state index contributed by atoms with van der Waals surface area (Å²) in [6.45, 7) is 1.88. The molecule has 23 heavy (non-hydrogen) atoms. The average molecular weight is 304 g/mol. The highest BCUT2D eigenvalue weighted by Gasteiger charge is 2.28. The van der Waals surface area contributed by atoms with E-state index in [1.165, 1.54) is 0 Å². The quantitative estimate of drug-likeness (QED) is 0.683.